The Kier molecular flexibility index (Phi) is 3.49. The Balaban J connectivity index is 1.56. The number of nitrogens with zero attached hydrogens (tertiary/aromatic N) is 8. The van der Waals surface area contributed by atoms with Gasteiger partial charge >= 0.3 is 0 Å². The minimum atomic E-state index is 0.804. The molecule has 0 radical (unpaired) electrons. The molecule has 8 heteroatoms. The normalized spacial score (nSPS) is 15.9. The molecule has 4 rings (SSSR count). The Morgan fingerprint density at radius 2 is 1.87 bits per heavy atom. The molecule has 0 bridgehead atoms. The van der Waals surface area contributed by atoms with Crippen LogP contribution < -0.4 is 9.80 Å². The van der Waals surface area contributed by atoms with Gasteiger partial charge in [0.1, 0.15) is 18.5 Å². The van der Waals surface area contributed by atoms with Crippen molar-refractivity contribution in [2.75, 3.05) is 36.0 Å². The standard InChI is InChI=1S/C15H18N8/c1-12-9-13(18-10-17-12)21-4-2-5-22(8-7-21)14-15-20-19-11-23(15)6-3-16-14/h3,6,9-11H,2,4-5,7-8H2,1H3. The monoisotopic (exact) mass is 310 g/mol. The van der Waals surface area contributed by atoms with Gasteiger partial charge in [-0.15, -0.1) is 10.2 Å². The maximum Gasteiger partial charge on any atom is 0.203 e. The summed E-state index contributed by atoms with van der Waals surface area (Å²) in [6, 6.07) is 2.03. The fourth-order valence-electron chi connectivity index (χ4n) is 2.94. The molecule has 1 fully saturated rings. The third kappa shape index (κ3) is 2.67. The van der Waals surface area contributed by atoms with Crippen LogP contribution in [0.3, 0.4) is 0 Å². The van der Waals surface area contributed by atoms with Crippen molar-refractivity contribution in [3.63, 3.8) is 0 Å². The highest BCUT2D eigenvalue weighted by atomic mass is 15.3. The minimum Gasteiger partial charge on any atom is -0.355 e. The molecule has 0 atom stereocenters. The molecular weight excluding hydrogens is 292 g/mol. The van der Waals surface area contributed by atoms with E-state index in [9.17, 15) is 0 Å². The number of hydrogen-bond acceptors (Lipinski definition) is 7. The second kappa shape index (κ2) is 5.79. The summed E-state index contributed by atoms with van der Waals surface area (Å²) in [5.74, 6) is 1.89. The van der Waals surface area contributed by atoms with E-state index in [4.69, 9.17) is 0 Å². The van der Waals surface area contributed by atoms with Gasteiger partial charge in [-0.25, -0.2) is 15.0 Å². The molecule has 23 heavy (non-hydrogen) atoms. The number of rotatable bonds is 2. The highest BCUT2D eigenvalue weighted by Gasteiger charge is 2.19. The molecule has 118 valence electrons. The van der Waals surface area contributed by atoms with Crippen LogP contribution in [0.5, 0.6) is 0 Å². The van der Waals surface area contributed by atoms with Crippen LogP contribution in [0.25, 0.3) is 5.65 Å². The van der Waals surface area contributed by atoms with Crippen molar-refractivity contribution in [2.45, 2.75) is 13.3 Å². The van der Waals surface area contributed by atoms with Crippen molar-refractivity contribution in [3.05, 3.63) is 36.8 Å². The van der Waals surface area contributed by atoms with E-state index >= 15 is 0 Å². The fraction of sp³-hybridized carbons (Fsp3) is 0.400. The van der Waals surface area contributed by atoms with Crippen LogP contribution in [0, 0.1) is 6.92 Å². The summed E-state index contributed by atoms with van der Waals surface area (Å²) in [4.78, 5) is 17.7. The SMILES string of the molecule is Cc1cc(N2CCCN(c3nccn4cnnc34)CC2)ncn1. The second-order valence-electron chi connectivity index (χ2n) is 5.66. The maximum absolute atomic E-state index is 4.51. The molecule has 8 nitrogen and oxygen atoms in total. The van der Waals surface area contributed by atoms with Crippen LogP contribution in [0.2, 0.25) is 0 Å². The van der Waals surface area contributed by atoms with Gasteiger partial charge in [0.2, 0.25) is 5.65 Å². The first-order chi connectivity index (χ1) is 11.3. The Morgan fingerprint density at radius 1 is 1.00 bits per heavy atom. The molecule has 1 aliphatic heterocycles. The van der Waals surface area contributed by atoms with Crippen LogP contribution in [0.15, 0.2) is 31.1 Å². The van der Waals surface area contributed by atoms with E-state index in [0.717, 1.165) is 55.6 Å². The van der Waals surface area contributed by atoms with E-state index in [-0.39, 0.29) is 0 Å². The number of aryl methyl sites for hydroxylation is 1. The van der Waals surface area contributed by atoms with Crippen LogP contribution in [-0.2, 0) is 0 Å². The quantitative estimate of drug-likeness (QED) is 0.697. The summed E-state index contributed by atoms with van der Waals surface area (Å²) in [5, 5.41) is 8.16. The van der Waals surface area contributed by atoms with E-state index in [1.165, 1.54) is 0 Å². The van der Waals surface area contributed by atoms with E-state index in [0.29, 0.717) is 0 Å². The zero-order valence-electron chi connectivity index (χ0n) is 13.0. The Morgan fingerprint density at radius 3 is 2.78 bits per heavy atom. The predicted octanol–water partition coefficient (Wildman–Crippen LogP) is 0.939. The van der Waals surface area contributed by atoms with Crippen molar-refractivity contribution in [3.8, 4) is 0 Å². The summed E-state index contributed by atoms with van der Waals surface area (Å²) < 4.78 is 1.90. The zero-order valence-corrected chi connectivity index (χ0v) is 13.0. The number of fused-ring (bicyclic) bond motifs is 1. The van der Waals surface area contributed by atoms with Gasteiger partial charge in [0.05, 0.1) is 0 Å². The lowest BCUT2D eigenvalue weighted by Crippen LogP contribution is -2.32. The molecular formula is C15H18N8. The molecule has 0 unspecified atom stereocenters. The topological polar surface area (TPSA) is 75.3 Å². The van der Waals surface area contributed by atoms with Crippen LogP contribution in [0.4, 0.5) is 11.6 Å². The zero-order chi connectivity index (χ0) is 15.6. The van der Waals surface area contributed by atoms with Gasteiger partial charge in [-0.3, -0.25) is 4.40 Å². The van der Waals surface area contributed by atoms with Crippen LogP contribution >= 0.6 is 0 Å². The van der Waals surface area contributed by atoms with E-state index in [2.05, 4.69) is 34.9 Å². The first kappa shape index (κ1) is 13.9. The van der Waals surface area contributed by atoms with Crippen LogP contribution in [-0.4, -0.2) is 55.7 Å². The molecule has 3 aromatic rings. The van der Waals surface area contributed by atoms with Gasteiger partial charge in [-0.1, -0.05) is 0 Å². The maximum atomic E-state index is 4.51. The van der Waals surface area contributed by atoms with Crippen molar-refractivity contribution in [1.82, 2.24) is 29.5 Å². The lowest BCUT2D eigenvalue weighted by Gasteiger charge is -2.23. The molecule has 0 amide bonds. The third-order valence-corrected chi connectivity index (χ3v) is 4.11. The van der Waals surface area contributed by atoms with Gasteiger partial charge in [-0.05, 0) is 13.3 Å². The average molecular weight is 310 g/mol. The molecule has 3 aromatic heterocycles. The highest BCUT2D eigenvalue weighted by Crippen LogP contribution is 2.20. The van der Waals surface area contributed by atoms with E-state index in [1.807, 2.05) is 23.6 Å². The first-order valence-corrected chi connectivity index (χ1v) is 7.74. The third-order valence-electron chi connectivity index (χ3n) is 4.11. The van der Waals surface area contributed by atoms with E-state index < -0.39 is 0 Å². The van der Waals surface area contributed by atoms with Crippen molar-refractivity contribution in [2.24, 2.45) is 0 Å². The molecule has 4 heterocycles. The van der Waals surface area contributed by atoms with Crippen molar-refractivity contribution in [1.29, 1.82) is 0 Å². The highest BCUT2D eigenvalue weighted by molar-refractivity contribution is 5.63. The molecule has 0 saturated carbocycles. The summed E-state index contributed by atoms with van der Waals surface area (Å²) >= 11 is 0. The first-order valence-electron chi connectivity index (χ1n) is 7.74. The predicted molar refractivity (Wildman–Crippen MR) is 86.6 cm³/mol. The fourth-order valence-corrected chi connectivity index (χ4v) is 2.94. The van der Waals surface area contributed by atoms with Gasteiger partial charge in [0.15, 0.2) is 5.82 Å². The number of anilines is 2. The number of hydrogen-bond donors (Lipinski definition) is 0. The molecule has 0 spiro atoms. The average Bonchev–Trinajstić information content (AvgIpc) is 2.91. The van der Waals surface area contributed by atoms with Gasteiger partial charge < -0.3 is 9.80 Å². The Labute approximate surface area is 133 Å². The second-order valence-corrected chi connectivity index (χ2v) is 5.66. The number of aromatic nitrogens is 6. The Bertz CT molecular complexity index is 814. The van der Waals surface area contributed by atoms with E-state index in [1.54, 1.807) is 18.9 Å². The summed E-state index contributed by atoms with van der Waals surface area (Å²) in [6.45, 7) is 5.68. The Hall–Kier alpha value is -2.77. The van der Waals surface area contributed by atoms with Gasteiger partial charge in [0.25, 0.3) is 0 Å². The summed E-state index contributed by atoms with van der Waals surface area (Å²) in [7, 11) is 0. The molecule has 1 saturated heterocycles. The molecule has 1 aliphatic rings. The smallest absolute Gasteiger partial charge is 0.203 e. The summed E-state index contributed by atoms with van der Waals surface area (Å²) in [6.07, 6.45) is 8.04. The largest absolute Gasteiger partial charge is 0.355 e. The van der Waals surface area contributed by atoms with Crippen molar-refractivity contribution < 1.29 is 0 Å². The minimum absolute atomic E-state index is 0.804. The van der Waals surface area contributed by atoms with Gasteiger partial charge in [0, 0.05) is 50.3 Å². The molecule has 0 aliphatic carbocycles. The lowest BCUT2D eigenvalue weighted by atomic mass is 10.3. The van der Waals surface area contributed by atoms with Crippen molar-refractivity contribution >= 4 is 17.3 Å². The molecule has 0 aromatic carbocycles. The van der Waals surface area contributed by atoms with Gasteiger partial charge in [-0.2, -0.15) is 0 Å². The lowest BCUT2D eigenvalue weighted by molar-refractivity contribution is 0.791. The van der Waals surface area contributed by atoms with Crippen LogP contribution in [0.1, 0.15) is 12.1 Å². The summed E-state index contributed by atoms with van der Waals surface area (Å²) in [5.41, 5.74) is 1.80. The molecule has 0 N–H and O–H groups in total.